The van der Waals surface area contributed by atoms with Gasteiger partial charge in [-0.05, 0) is 47.5 Å². The second kappa shape index (κ2) is 4.23. The van der Waals surface area contributed by atoms with Gasteiger partial charge in [0.1, 0.15) is 0 Å². The van der Waals surface area contributed by atoms with Crippen LogP contribution in [0.3, 0.4) is 0 Å². The maximum atomic E-state index is 5.87. The zero-order valence-electron chi connectivity index (χ0n) is 9.45. The molecule has 3 heteroatoms. The summed E-state index contributed by atoms with van der Waals surface area (Å²) in [5, 5.41) is 2.27. The summed E-state index contributed by atoms with van der Waals surface area (Å²) in [6.45, 7) is 0.779. The molecule has 0 bridgehead atoms. The monoisotopic (exact) mass is 307 g/mol. The van der Waals surface area contributed by atoms with E-state index in [9.17, 15) is 0 Å². The zero-order chi connectivity index (χ0) is 11.9. The summed E-state index contributed by atoms with van der Waals surface area (Å²) in [5.41, 5.74) is 8.89. The normalized spacial score (nSPS) is 17.1. The smallest absolute Gasteiger partial charge is 0.0346 e. The lowest BCUT2D eigenvalue weighted by Gasteiger charge is -2.08. The van der Waals surface area contributed by atoms with Gasteiger partial charge >= 0.3 is 0 Å². The van der Waals surface area contributed by atoms with Gasteiger partial charge < -0.3 is 5.73 Å². The molecule has 2 aromatic rings. The van der Waals surface area contributed by atoms with Gasteiger partial charge in [0.15, 0.2) is 0 Å². The van der Waals surface area contributed by atoms with Gasteiger partial charge in [-0.2, -0.15) is 0 Å². The van der Waals surface area contributed by atoms with Crippen LogP contribution in [-0.2, 0) is 5.41 Å². The number of nitrogens with two attached hydrogens (primary N) is 1. The fraction of sp³-hybridized carbons (Fsp3) is 0.286. The Balaban J connectivity index is 1.95. The number of benzene rings is 1. The predicted octanol–water partition coefficient (Wildman–Crippen LogP) is 4.17. The summed E-state index contributed by atoms with van der Waals surface area (Å²) in [7, 11) is 0. The molecule has 1 aliphatic rings. The number of halogens is 1. The minimum atomic E-state index is 0.306. The van der Waals surface area contributed by atoms with Gasteiger partial charge in [0, 0.05) is 21.3 Å². The molecule has 0 saturated heterocycles. The van der Waals surface area contributed by atoms with Crippen molar-refractivity contribution in [1.29, 1.82) is 0 Å². The van der Waals surface area contributed by atoms with Crippen molar-refractivity contribution in [2.45, 2.75) is 18.3 Å². The van der Waals surface area contributed by atoms with Gasteiger partial charge in [-0.1, -0.05) is 28.1 Å². The molecule has 0 radical (unpaired) electrons. The van der Waals surface area contributed by atoms with Crippen LogP contribution < -0.4 is 5.73 Å². The molecule has 0 aliphatic heterocycles. The minimum absolute atomic E-state index is 0.306. The number of rotatable bonds is 3. The average molecular weight is 308 g/mol. The van der Waals surface area contributed by atoms with Gasteiger partial charge in [0.05, 0.1) is 0 Å². The third-order valence-electron chi connectivity index (χ3n) is 3.57. The maximum absolute atomic E-state index is 5.87. The van der Waals surface area contributed by atoms with E-state index in [1.165, 1.54) is 28.8 Å². The molecule has 1 aromatic heterocycles. The highest BCUT2D eigenvalue weighted by atomic mass is 79.9. The van der Waals surface area contributed by atoms with E-state index in [4.69, 9.17) is 5.73 Å². The van der Waals surface area contributed by atoms with Gasteiger partial charge in [-0.3, -0.25) is 0 Å². The first-order valence-electron chi connectivity index (χ1n) is 5.79. The van der Waals surface area contributed by atoms with Crippen LogP contribution in [-0.4, -0.2) is 6.54 Å². The molecule has 0 amide bonds. The summed E-state index contributed by atoms with van der Waals surface area (Å²) in [6.07, 6.45) is 2.50. The van der Waals surface area contributed by atoms with E-state index in [0.717, 1.165) is 11.0 Å². The van der Waals surface area contributed by atoms with E-state index in [2.05, 4.69) is 51.6 Å². The molecule has 0 atom stereocenters. The van der Waals surface area contributed by atoms with Gasteiger partial charge in [0.25, 0.3) is 0 Å². The number of hydrogen-bond acceptors (Lipinski definition) is 2. The quantitative estimate of drug-likeness (QED) is 0.905. The predicted molar refractivity (Wildman–Crippen MR) is 77.4 cm³/mol. The molecule has 1 aromatic carbocycles. The molecular weight excluding hydrogens is 294 g/mol. The maximum Gasteiger partial charge on any atom is 0.0346 e. The molecule has 1 fully saturated rings. The number of hydrogen-bond donors (Lipinski definition) is 1. The van der Waals surface area contributed by atoms with E-state index in [1.807, 2.05) is 11.3 Å². The highest BCUT2D eigenvalue weighted by Gasteiger charge is 2.43. The highest BCUT2D eigenvalue weighted by molar-refractivity contribution is 9.10. The van der Waals surface area contributed by atoms with E-state index in [-0.39, 0.29) is 0 Å². The Kier molecular flexibility index (Phi) is 2.85. The second-order valence-corrected chi connectivity index (χ2v) is 6.52. The Hall–Kier alpha value is -0.640. The van der Waals surface area contributed by atoms with Crippen LogP contribution in [0.15, 0.2) is 40.2 Å². The Morgan fingerprint density at radius 1 is 1.29 bits per heavy atom. The summed E-state index contributed by atoms with van der Waals surface area (Å²) in [5.74, 6) is 0. The zero-order valence-corrected chi connectivity index (χ0v) is 11.9. The molecule has 1 heterocycles. The SMILES string of the molecule is NCC1(c2csc(-c3cccc(Br)c3)c2)CC1. The lowest BCUT2D eigenvalue weighted by atomic mass is 9.98. The van der Waals surface area contributed by atoms with E-state index in [0.29, 0.717) is 5.41 Å². The molecule has 1 aliphatic carbocycles. The first kappa shape index (κ1) is 11.5. The standard InChI is InChI=1S/C14H14BrNS/c15-12-3-1-2-10(6-12)13-7-11(8-17-13)14(9-16)4-5-14/h1-3,6-8H,4-5,9,16H2. The van der Waals surface area contributed by atoms with Crippen LogP contribution in [0.1, 0.15) is 18.4 Å². The topological polar surface area (TPSA) is 26.0 Å². The lowest BCUT2D eigenvalue weighted by molar-refractivity contribution is 0.708. The molecule has 1 saturated carbocycles. The van der Waals surface area contributed by atoms with Crippen LogP contribution >= 0.6 is 27.3 Å². The van der Waals surface area contributed by atoms with Crippen LogP contribution in [0.25, 0.3) is 10.4 Å². The van der Waals surface area contributed by atoms with Gasteiger partial charge in [-0.25, -0.2) is 0 Å². The summed E-state index contributed by atoms with van der Waals surface area (Å²) < 4.78 is 1.13. The third-order valence-corrected chi connectivity index (χ3v) is 5.04. The van der Waals surface area contributed by atoms with Crippen LogP contribution in [0, 0.1) is 0 Å². The first-order chi connectivity index (χ1) is 8.23. The van der Waals surface area contributed by atoms with E-state index < -0.39 is 0 Å². The molecule has 0 spiro atoms. The van der Waals surface area contributed by atoms with Crippen LogP contribution in [0.2, 0.25) is 0 Å². The fourth-order valence-corrected chi connectivity index (χ4v) is 3.60. The summed E-state index contributed by atoms with van der Waals surface area (Å²) in [6, 6.07) is 10.8. The molecule has 0 unspecified atom stereocenters. The minimum Gasteiger partial charge on any atom is -0.330 e. The Bertz CT molecular complexity index is 543. The Morgan fingerprint density at radius 3 is 2.76 bits per heavy atom. The average Bonchev–Trinajstić information content (AvgIpc) is 2.99. The van der Waals surface area contributed by atoms with Crippen LogP contribution in [0.4, 0.5) is 0 Å². The highest BCUT2D eigenvalue weighted by Crippen LogP contribution is 2.49. The van der Waals surface area contributed by atoms with Crippen molar-refractivity contribution in [3.63, 3.8) is 0 Å². The van der Waals surface area contributed by atoms with Crippen molar-refractivity contribution in [1.82, 2.24) is 0 Å². The summed E-state index contributed by atoms with van der Waals surface area (Å²) >= 11 is 5.33. The van der Waals surface area contributed by atoms with Crippen LogP contribution in [0.5, 0.6) is 0 Å². The number of thiophene rings is 1. The lowest BCUT2D eigenvalue weighted by Crippen LogP contribution is -2.18. The molecule has 1 nitrogen and oxygen atoms in total. The van der Waals surface area contributed by atoms with E-state index in [1.54, 1.807) is 0 Å². The van der Waals surface area contributed by atoms with Crippen molar-refractivity contribution in [2.75, 3.05) is 6.54 Å². The van der Waals surface area contributed by atoms with E-state index >= 15 is 0 Å². The van der Waals surface area contributed by atoms with Crippen molar-refractivity contribution in [3.05, 3.63) is 45.7 Å². The van der Waals surface area contributed by atoms with Crippen molar-refractivity contribution >= 4 is 27.3 Å². The Labute approximate surface area is 114 Å². The Morgan fingerprint density at radius 2 is 2.12 bits per heavy atom. The first-order valence-corrected chi connectivity index (χ1v) is 7.46. The molecule has 17 heavy (non-hydrogen) atoms. The van der Waals surface area contributed by atoms with Gasteiger partial charge in [0.2, 0.25) is 0 Å². The molecule has 2 N–H and O–H groups in total. The van der Waals surface area contributed by atoms with Gasteiger partial charge in [-0.15, -0.1) is 11.3 Å². The van der Waals surface area contributed by atoms with Crippen molar-refractivity contribution in [3.8, 4) is 10.4 Å². The fourth-order valence-electron chi connectivity index (χ4n) is 2.17. The molecular formula is C14H14BrNS. The summed E-state index contributed by atoms with van der Waals surface area (Å²) in [4.78, 5) is 1.33. The molecule has 3 rings (SSSR count). The largest absolute Gasteiger partial charge is 0.330 e. The third kappa shape index (κ3) is 2.07. The van der Waals surface area contributed by atoms with Crippen molar-refractivity contribution in [2.24, 2.45) is 5.73 Å². The molecule has 88 valence electrons. The second-order valence-electron chi connectivity index (χ2n) is 4.69. The van der Waals surface area contributed by atoms with Crippen molar-refractivity contribution < 1.29 is 0 Å².